The largest absolute Gasteiger partial charge is 0.482 e. The topological polar surface area (TPSA) is 119 Å². The molecule has 2 aliphatic carbocycles. The minimum Gasteiger partial charge on any atom is -0.482 e. The summed E-state index contributed by atoms with van der Waals surface area (Å²) in [6.07, 6.45) is 3.07. The number of aliphatic hydroxyl groups is 2. The number of esters is 1. The van der Waals surface area contributed by atoms with Crippen LogP contribution in [-0.4, -0.2) is 63.4 Å². The van der Waals surface area contributed by atoms with Gasteiger partial charge in [-0.05, 0) is 72.0 Å². The zero-order valence-corrected chi connectivity index (χ0v) is 23.8. The Balaban J connectivity index is 1.68. The number of ketones is 2. The SMILES string of the molecule is C/C=C(/C)[C@@H](OC(C)=O)[C@@H](C)C1=CC(=O)C2=C(O[C@]3(C)CC[C@H]4O[C@@H](C(C)(C)O)CC[C@]4(C)[C@H]3[C@@H]2O)C1=O. The van der Waals surface area contributed by atoms with Crippen LogP contribution < -0.4 is 0 Å². The Hall–Kier alpha value is -2.29. The molecule has 0 bridgehead atoms. The van der Waals surface area contributed by atoms with Crippen molar-refractivity contribution >= 4 is 17.5 Å². The number of carbonyl (C=O) groups is 3. The average Bonchev–Trinajstić information content (AvgIpc) is 2.81. The van der Waals surface area contributed by atoms with Crippen molar-refractivity contribution in [1.29, 1.82) is 0 Å². The first-order chi connectivity index (χ1) is 17.5. The van der Waals surface area contributed by atoms with Gasteiger partial charge in [0, 0.05) is 29.7 Å². The van der Waals surface area contributed by atoms with Gasteiger partial charge in [-0.3, -0.25) is 14.4 Å². The fourth-order valence-corrected chi connectivity index (χ4v) is 7.24. The lowest BCUT2D eigenvalue weighted by Gasteiger charge is -2.61. The molecule has 210 valence electrons. The van der Waals surface area contributed by atoms with E-state index in [0.29, 0.717) is 25.7 Å². The molecule has 0 aromatic rings. The Morgan fingerprint density at radius 1 is 1.21 bits per heavy atom. The van der Waals surface area contributed by atoms with E-state index in [1.165, 1.54) is 13.0 Å². The Morgan fingerprint density at radius 2 is 1.87 bits per heavy atom. The zero-order chi connectivity index (χ0) is 28.4. The van der Waals surface area contributed by atoms with Crippen LogP contribution >= 0.6 is 0 Å². The molecule has 1 saturated carbocycles. The molecular formula is C30H42O8. The van der Waals surface area contributed by atoms with Crippen molar-refractivity contribution in [1.82, 2.24) is 0 Å². The van der Waals surface area contributed by atoms with Crippen molar-refractivity contribution in [3.05, 3.63) is 34.6 Å². The predicted octanol–water partition coefficient (Wildman–Crippen LogP) is 3.74. The van der Waals surface area contributed by atoms with E-state index in [9.17, 15) is 24.6 Å². The van der Waals surface area contributed by atoms with Gasteiger partial charge in [-0.25, -0.2) is 0 Å². The molecule has 0 aromatic heterocycles. The second-order valence-corrected chi connectivity index (χ2v) is 12.6. The summed E-state index contributed by atoms with van der Waals surface area (Å²) >= 11 is 0. The van der Waals surface area contributed by atoms with E-state index in [4.69, 9.17) is 14.2 Å². The van der Waals surface area contributed by atoms with Gasteiger partial charge in [0.15, 0.2) is 11.5 Å². The van der Waals surface area contributed by atoms with E-state index in [2.05, 4.69) is 6.92 Å². The highest BCUT2D eigenvalue weighted by atomic mass is 16.5. The molecule has 4 rings (SSSR count). The highest BCUT2D eigenvalue weighted by molar-refractivity contribution is 6.22. The first-order valence-electron chi connectivity index (χ1n) is 13.6. The molecule has 0 aromatic carbocycles. The zero-order valence-electron chi connectivity index (χ0n) is 23.8. The number of allylic oxidation sites excluding steroid dienone is 3. The van der Waals surface area contributed by atoms with Crippen LogP contribution in [0.4, 0.5) is 0 Å². The summed E-state index contributed by atoms with van der Waals surface area (Å²) in [6, 6.07) is 0. The van der Waals surface area contributed by atoms with Crippen LogP contribution in [-0.2, 0) is 28.6 Å². The monoisotopic (exact) mass is 530 g/mol. The van der Waals surface area contributed by atoms with Crippen molar-refractivity contribution < 1.29 is 38.8 Å². The van der Waals surface area contributed by atoms with E-state index in [-0.39, 0.29) is 29.1 Å². The number of carbonyl (C=O) groups excluding carboxylic acids is 3. The molecule has 2 heterocycles. The van der Waals surface area contributed by atoms with Gasteiger partial charge in [-0.1, -0.05) is 19.9 Å². The van der Waals surface area contributed by atoms with E-state index in [1.807, 2.05) is 26.8 Å². The van der Waals surface area contributed by atoms with Crippen LogP contribution in [0.3, 0.4) is 0 Å². The van der Waals surface area contributed by atoms with Gasteiger partial charge in [0.2, 0.25) is 5.78 Å². The van der Waals surface area contributed by atoms with Gasteiger partial charge in [-0.15, -0.1) is 0 Å². The molecule has 8 heteroatoms. The van der Waals surface area contributed by atoms with Gasteiger partial charge in [0.25, 0.3) is 0 Å². The highest BCUT2D eigenvalue weighted by Gasteiger charge is 2.64. The van der Waals surface area contributed by atoms with Crippen molar-refractivity contribution in [3.63, 3.8) is 0 Å². The van der Waals surface area contributed by atoms with Gasteiger partial charge in [0.05, 0.1) is 29.5 Å². The summed E-state index contributed by atoms with van der Waals surface area (Å²) in [6.45, 7) is 14.1. The Morgan fingerprint density at radius 3 is 2.45 bits per heavy atom. The minimum absolute atomic E-state index is 0.00768. The molecule has 4 aliphatic rings. The van der Waals surface area contributed by atoms with Crippen LogP contribution in [0.25, 0.3) is 0 Å². The van der Waals surface area contributed by atoms with Crippen LogP contribution in [0.2, 0.25) is 0 Å². The Labute approximate surface area is 225 Å². The molecule has 0 amide bonds. The molecule has 0 radical (unpaired) electrons. The summed E-state index contributed by atoms with van der Waals surface area (Å²) in [7, 11) is 0. The molecule has 2 aliphatic heterocycles. The van der Waals surface area contributed by atoms with Crippen LogP contribution in [0.15, 0.2) is 34.6 Å². The number of Topliss-reactive ketones (excluding diaryl/α,β-unsaturated/α-hetero) is 1. The number of hydrogen-bond donors (Lipinski definition) is 2. The third-order valence-electron chi connectivity index (χ3n) is 9.42. The standard InChI is InChI=1S/C30H42O8/c1-9-15(2)25(36-17(4)31)16(3)18-14-19(32)22-24(34)27-29(7)12-10-20(28(5,6)35)37-21(29)11-13-30(27,8)38-26(22)23(18)33/h9,14,16,20-21,24-25,27,34-35H,10-13H2,1-8H3/b15-9-/t16-,20+,21+,24+,25+,27+,29-,30+/m0/s1. The number of ether oxygens (including phenoxy) is 3. The quantitative estimate of drug-likeness (QED) is 0.314. The number of fused-ring (bicyclic) bond motifs is 3. The van der Waals surface area contributed by atoms with Crippen LogP contribution in [0.1, 0.15) is 81.1 Å². The minimum atomic E-state index is -1.20. The summed E-state index contributed by atoms with van der Waals surface area (Å²) in [4.78, 5) is 39.1. The maximum absolute atomic E-state index is 13.8. The maximum atomic E-state index is 13.8. The van der Waals surface area contributed by atoms with E-state index in [1.54, 1.807) is 20.8 Å². The fraction of sp³-hybridized carbons (Fsp3) is 0.700. The van der Waals surface area contributed by atoms with Gasteiger partial charge < -0.3 is 24.4 Å². The third kappa shape index (κ3) is 4.58. The van der Waals surface area contributed by atoms with E-state index in [0.717, 1.165) is 5.57 Å². The normalized spacial score (nSPS) is 37.3. The van der Waals surface area contributed by atoms with Gasteiger partial charge in [-0.2, -0.15) is 0 Å². The van der Waals surface area contributed by atoms with Crippen LogP contribution in [0.5, 0.6) is 0 Å². The molecule has 8 nitrogen and oxygen atoms in total. The van der Waals surface area contributed by atoms with E-state index >= 15 is 0 Å². The van der Waals surface area contributed by atoms with Crippen molar-refractivity contribution in [3.8, 4) is 0 Å². The van der Waals surface area contributed by atoms with Gasteiger partial charge in [0.1, 0.15) is 11.7 Å². The molecule has 2 fully saturated rings. The fourth-order valence-electron chi connectivity index (χ4n) is 7.24. The number of rotatable bonds is 5. The molecule has 0 spiro atoms. The number of hydrogen-bond acceptors (Lipinski definition) is 8. The Bertz CT molecular complexity index is 1120. The lowest BCUT2D eigenvalue weighted by molar-refractivity contribution is -0.260. The molecule has 38 heavy (non-hydrogen) atoms. The number of aliphatic hydroxyl groups excluding tert-OH is 1. The summed E-state index contributed by atoms with van der Waals surface area (Å²) in [5.74, 6) is -2.57. The van der Waals surface area contributed by atoms with Crippen molar-refractivity contribution in [2.75, 3.05) is 0 Å². The van der Waals surface area contributed by atoms with Crippen molar-refractivity contribution in [2.45, 2.75) is 117 Å². The molecule has 1 saturated heterocycles. The second kappa shape index (κ2) is 9.72. The highest BCUT2D eigenvalue weighted by Crippen LogP contribution is 2.59. The first kappa shape index (κ1) is 28.7. The molecule has 0 unspecified atom stereocenters. The maximum Gasteiger partial charge on any atom is 0.303 e. The second-order valence-electron chi connectivity index (χ2n) is 12.6. The van der Waals surface area contributed by atoms with Crippen LogP contribution in [0, 0.1) is 17.3 Å². The first-order valence-corrected chi connectivity index (χ1v) is 13.6. The smallest absolute Gasteiger partial charge is 0.303 e. The lowest BCUT2D eigenvalue weighted by atomic mass is 9.52. The molecular weight excluding hydrogens is 488 g/mol. The summed E-state index contributed by atoms with van der Waals surface area (Å²) < 4.78 is 18.4. The van der Waals surface area contributed by atoms with Crippen molar-refractivity contribution in [2.24, 2.45) is 17.3 Å². The Kier molecular flexibility index (Phi) is 7.34. The van der Waals surface area contributed by atoms with Gasteiger partial charge >= 0.3 is 5.97 Å². The average molecular weight is 531 g/mol. The van der Waals surface area contributed by atoms with E-state index < -0.39 is 58.2 Å². The molecule has 2 N–H and O–H groups in total. The lowest BCUT2D eigenvalue weighted by Crippen LogP contribution is -2.66. The third-order valence-corrected chi connectivity index (χ3v) is 9.42. The molecule has 8 atom stereocenters. The summed E-state index contributed by atoms with van der Waals surface area (Å²) in [5, 5.41) is 22.3. The summed E-state index contributed by atoms with van der Waals surface area (Å²) in [5.41, 5.74) is -1.44. The predicted molar refractivity (Wildman–Crippen MR) is 140 cm³/mol.